The van der Waals surface area contributed by atoms with Gasteiger partial charge in [-0.3, -0.25) is 0 Å². The van der Waals surface area contributed by atoms with Crippen LogP contribution < -0.4 is 4.90 Å². The monoisotopic (exact) mass is 287 g/mol. The molecule has 0 saturated carbocycles. The molecule has 1 aliphatic rings. The fourth-order valence-corrected chi connectivity index (χ4v) is 2.57. The molecule has 4 nitrogen and oxygen atoms in total. The first-order chi connectivity index (χ1) is 9.36. The largest absolute Gasteiger partial charge is 0.394 e. The van der Waals surface area contributed by atoms with E-state index in [1.54, 1.807) is 13.8 Å². The summed E-state index contributed by atoms with van der Waals surface area (Å²) in [4.78, 5) is 1.54. The second-order valence-corrected chi connectivity index (χ2v) is 5.63. The van der Waals surface area contributed by atoms with Crippen molar-refractivity contribution in [2.75, 3.05) is 24.6 Å². The van der Waals surface area contributed by atoms with Crippen LogP contribution in [-0.2, 0) is 11.3 Å². The Balaban J connectivity index is 2.35. The Morgan fingerprint density at radius 2 is 1.90 bits per heavy atom. The van der Waals surface area contributed by atoms with Crippen LogP contribution in [0, 0.1) is 11.6 Å². The van der Waals surface area contributed by atoms with Gasteiger partial charge in [0, 0.05) is 13.1 Å². The molecule has 6 heteroatoms. The average Bonchev–Trinajstić information content (AvgIpc) is 2.35. The third-order valence-electron chi connectivity index (χ3n) is 3.26. The molecule has 0 aromatic heterocycles. The summed E-state index contributed by atoms with van der Waals surface area (Å²) in [6, 6.07) is 2.24. The molecule has 1 aliphatic heterocycles. The molecule has 1 aromatic rings. The number of benzene rings is 1. The molecule has 1 heterocycles. The molecule has 0 bridgehead atoms. The molecule has 0 aliphatic carbocycles. The van der Waals surface area contributed by atoms with Gasteiger partial charge in [0.15, 0.2) is 0 Å². The molecule has 1 unspecified atom stereocenters. The maximum Gasteiger partial charge on any atom is 0.149 e. The molecular weight excluding hydrogens is 268 g/mol. The lowest BCUT2D eigenvalue weighted by atomic mass is 10.0. The summed E-state index contributed by atoms with van der Waals surface area (Å²) in [5.74, 6) is -1.44. The minimum Gasteiger partial charge on any atom is -0.394 e. The van der Waals surface area contributed by atoms with Crippen molar-refractivity contribution in [3.05, 3.63) is 29.3 Å². The first kappa shape index (κ1) is 15.2. The van der Waals surface area contributed by atoms with E-state index in [9.17, 15) is 13.9 Å². The van der Waals surface area contributed by atoms with Crippen molar-refractivity contribution in [2.45, 2.75) is 32.2 Å². The second-order valence-electron chi connectivity index (χ2n) is 5.63. The maximum atomic E-state index is 14.1. The normalized spacial score (nSPS) is 22.1. The van der Waals surface area contributed by atoms with Crippen LogP contribution in [0.5, 0.6) is 0 Å². The minimum absolute atomic E-state index is 0.142. The molecule has 0 amide bonds. The van der Waals surface area contributed by atoms with Gasteiger partial charge in [-0.05, 0) is 31.5 Å². The fourth-order valence-electron chi connectivity index (χ4n) is 2.57. The second kappa shape index (κ2) is 5.63. The number of aliphatic hydroxyl groups is 2. The van der Waals surface area contributed by atoms with Gasteiger partial charge in [-0.15, -0.1) is 0 Å². The number of anilines is 1. The quantitative estimate of drug-likeness (QED) is 0.883. The SMILES string of the molecule is CC1(C)CN(c2c(F)cc(CO)cc2F)CC(CO)O1. The first-order valence-corrected chi connectivity index (χ1v) is 6.48. The first-order valence-electron chi connectivity index (χ1n) is 6.48. The van der Waals surface area contributed by atoms with Crippen molar-refractivity contribution in [2.24, 2.45) is 0 Å². The van der Waals surface area contributed by atoms with Gasteiger partial charge in [-0.1, -0.05) is 0 Å². The highest BCUT2D eigenvalue weighted by atomic mass is 19.1. The van der Waals surface area contributed by atoms with E-state index < -0.39 is 29.9 Å². The van der Waals surface area contributed by atoms with Crippen LogP contribution in [0.1, 0.15) is 19.4 Å². The van der Waals surface area contributed by atoms with Gasteiger partial charge < -0.3 is 19.8 Å². The molecule has 2 rings (SSSR count). The van der Waals surface area contributed by atoms with Crippen LogP contribution in [-0.4, -0.2) is 41.6 Å². The fraction of sp³-hybridized carbons (Fsp3) is 0.571. The summed E-state index contributed by atoms with van der Waals surface area (Å²) in [5.41, 5.74) is -0.563. The lowest BCUT2D eigenvalue weighted by Crippen LogP contribution is -2.54. The molecule has 1 saturated heterocycles. The molecule has 0 radical (unpaired) electrons. The van der Waals surface area contributed by atoms with Crippen LogP contribution in [0.25, 0.3) is 0 Å². The summed E-state index contributed by atoms with van der Waals surface area (Å²) >= 11 is 0. The van der Waals surface area contributed by atoms with Crippen molar-refractivity contribution in [1.29, 1.82) is 0 Å². The highest BCUT2D eigenvalue weighted by molar-refractivity contribution is 5.51. The number of hydrogen-bond acceptors (Lipinski definition) is 4. The predicted molar refractivity (Wildman–Crippen MR) is 70.5 cm³/mol. The highest BCUT2D eigenvalue weighted by Crippen LogP contribution is 2.30. The Labute approximate surface area is 116 Å². The molecule has 2 N–H and O–H groups in total. The third-order valence-corrected chi connectivity index (χ3v) is 3.26. The van der Waals surface area contributed by atoms with Gasteiger partial charge in [-0.2, -0.15) is 0 Å². The maximum absolute atomic E-state index is 14.1. The number of nitrogens with zero attached hydrogens (tertiary/aromatic N) is 1. The van der Waals surface area contributed by atoms with Crippen LogP contribution in [0.15, 0.2) is 12.1 Å². The van der Waals surface area contributed by atoms with Gasteiger partial charge in [0.25, 0.3) is 0 Å². The van der Waals surface area contributed by atoms with Crippen molar-refractivity contribution in [1.82, 2.24) is 0 Å². The Bertz CT molecular complexity index is 470. The van der Waals surface area contributed by atoms with Crippen molar-refractivity contribution in [3.63, 3.8) is 0 Å². The molecule has 112 valence electrons. The smallest absolute Gasteiger partial charge is 0.149 e. The molecule has 1 aromatic carbocycles. The van der Waals surface area contributed by atoms with E-state index in [1.165, 1.54) is 4.90 Å². The molecule has 20 heavy (non-hydrogen) atoms. The van der Waals surface area contributed by atoms with Gasteiger partial charge in [0.05, 0.1) is 24.9 Å². The Kier molecular flexibility index (Phi) is 4.27. The number of ether oxygens (including phenoxy) is 1. The Morgan fingerprint density at radius 1 is 1.30 bits per heavy atom. The standard InChI is InChI=1S/C14H19F2NO3/c1-14(2)8-17(5-10(7-19)20-14)13-11(15)3-9(6-18)4-12(13)16/h3-4,10,18-19H,5-8H2,1-2H3. The van der Waals surface area contributed by atoms with E-state index >= 15 is 0 Å². The lowest BCUT2D eigenvalue weighted by Gasteiger charge is -2.43. The van der Waals surface area contributed by atoms with Gasteiger partial charge >= 0.3 is 0 Å². The topological polar surface area (TPSA) is 52.9 Å². The average molecular weight is 287 g/mol. The Morgan fingerprint density at radius 3 is 2.40 bits per heavy atom. The number of aliphatic hydroxyl groups excluding tert-OH is 2. The lowest BCUT2D eigenvalue weighted by molar-refractivity contribution is -0.101. The Hall–Kier alpha value is -1.24. The summed E-state index contributed by atoms with van der Waals surface area (Å²) in [6.07, 6.45) is -0.491. The van der Waals surface area contributed by atoms with E-state index in [0.29, 0.717) is 6.54 Å². The number of rotatable bonds is 3. The molecule has 0 spiro atoms. The van der Waals surface area contributed by atoms with Crippen molar-refractivity contribution >= 4 is 5.69 Å². The van der Waals surface area contributed by atoms with Crippen molar-refractivity contribution < 1.29 is 23.7 Å². The van der Waals surface area contributed by atoms with E-state index in [1.807, 2.05) is 0 Å². The summed E-state index contributed by atoms with van der Waals surface area (Å²) in [5, 5.41) is 18.2. The zero-order valence-corrected chi connectivity index (χ0v) is 11.6. The van der Waals surface area contributed by atoms with E-state index in [-0.39, 0.29) is 24.4 Å². The van der Waals surface area contributed by atoms with E-state index in [4.69, 9.17) is 9.84 Å². The van der Waals surface area contributed by atoms with Gasteiger partial charge in [-0.25, -0.2) is 8.78 Å². The molecule has 1 atom stereocenters. The minimum atomic E-state index is -0.719. The van der Waals surface area contributed by atoms with Crippen molar-refractivity contribution in [3.8, 4) is 0 Å². The zero-order valence-electron chi connectivity index (χ0n) is 11.6. The number of hydrogen-bond donors (Lipinski definition) is 2. The highest BCUT2D eigenvalue weighted by Gasteiger charge is 2.35. The van der Waals surface area contributed by atoms with E-state index in [2.05, 4.69) is 0 Å². The number of halogens is 2. The van der Waals surface area contributed by atoms with Crippen LogP contribution >= 0.6 is 0 Å². The van der Waals surface area contributed by atoms with Gasteiger partial charge in [0.1, 0.15) is 17.3 Å². The van der Waals surface area contributed by atoms with Crippen LogP contribution in [0.2, 0.25) is 0 Å². The number of morpholine rings is 1. The van der Waals surface area contributed by atoms with Crippen LogP contribution in [0.4, 0.5) is 14.5 Å². The molecular formula is C14H19F2NO3. The predicted octanol–water partition coefficient (Wildman–Crippen LogP) is 1.43. The third kappa shape index (κ3) is 3.08. The zero-order chi connectivity index (χ0) is 14.9. The summed E-state index contributed by atoms with van der Waals surface area (Å²) < 4.78 is 33.8. The van der Waals surface area contributed by atoms with Gasteiger partial charge in [0.2, 0.25) is 0 Å². The van der Waals surface area contributed by atoms with Crippen LogP contribution in [0.3, 0.4) is 0 Å². The molecule has 1 fully saturated rings. The summed E-state index contributed by atoms with van der Waals surface area (Å²) in [7, 11) is 0. The van der Waals surface area contributed by atoms with E-state index in [0.717, 1.165) is 12.1 Å². The summed E-state index contributed by atoms with van der Waals surface area (Å²) in [6.45, 7) is 3.52.